The summed E-state index contributed by atoms with van der Waals surface area (Å²) in [5.41, 5.74) is 1.42. The quantitative estimate of drug-likeness (QED) is 0.818. The molecular formula is C13H17ClO3S. The second-order valence-electron chi connectivity index (χ2n) is 4.10. The summed E-state index contributed by atoms with van der Waals surface area (Å²) >= 11 is 7.76. The zero-order valence-corrected chi connectivity index (χ0v) is 12.1. The molecule has 0 aliphatic rings. The van der Waals surface area contributed by atoms with Gasteiger partial charge in [-0.05, 0) is 35.4 Å². The number of esters is 1. The maximum Gasteiger partial charge on any atom is 0.337 e. The van der Waals surface area contributed by atoms with Crippen LogP contribution in [0.2, 0.25) is 5.02 Å². The first-order valence-corrected chi connectivity index (χ1v) is 7.17. The van der Waals surface area contributed by atoms with Gasteiger partial charge in [0, 0.05) is 17.4 Å². The normalized spacial score (nSPS) is 12.2. The maximum absolute atomic E-state index is 11.4. The number of methoxy groups -OCH3 is 1. The van der Waals surface area contributed by atoms with E-state index in [1.54, 1.807) is 30.0 Å². The SMILES string of the molecule is COC(=O)c1ccc(Cl)c(CSCC(C)CO)c1. The summed E-state index contributed by atoms with van der Waals surface area (Å²) in [6.07, 6.45) is 0. The molecule has 1 rings (SSSR count). The number of hydrogen-bond donors (Lipinski definition) is 1. The van der Waals surface area contributed by atoms with Crippen molar-refractivity contribution in [1.82, 2.24) is 0 Å². The fourth-order valence-electron chi connectivity index (χ4n) is 1.35. The van der Waals surface area contributed by atoms with E-state index in [1.807, 2.05) is 6.92 Å². The average molecular weight is 289 g/mol. The van der Waals surface area contributed by atoms with Gasteiger partial charge >= 0.3 is 5.97 Å². The minimum absolute atomic E-state index is 0.183. The zero-order chi connectivity index (χ0) is 13.5. The Balaban J connectivity index is 2.66. The molecule has 1 aromatic carbocycles. The van der Waals surface area contributed by atoms with Crippen LogP contribution in [-0.2, 0) is 10.5 Å². The monoisotopic (exact) mass is 288 g/mol. The number of aliphatic hydroxyl groups is 1. The summed E-state index contributed by atoms with van der Waals surface area (Å²) in [7, 11) is 1.36. The molecule has 1 unspecified atom stereocenters. The van der Waals surface area contributed by atoms with Gasteiger partial charge in [-0.1, -0.05) is 18.5 Å². The van der Waals surface area contributed by atoms with Gasteiger partial charge in [-0.15, -0.1) is 0 Å². The van der Waals surface area contributed by atoms with Crippen LogP contribution in [0.15, 0.2) is 18.2 Å². The highest BCUT2D eigenvalue weighted by atomic mass is 35.5. The molecule has 0 bridgehead atoms. The van der Waals surface area contributed by atoms with Gasteiger partial charge in [0.25, 0.3) is 0 Å². The van der Waals surface area contributed by atoms with Crippen LogP contribution in [0.1, 0.15) is 22.8 Å². The Bertz CT molecular complexity index is 409. The molecule has 0 radical (unpaired) electrons. The molecule has 0 aliphatic heterocycles. The van der Waals surface area contributed by atoms with E-state index in [1.165, 1.54) is 7.11 Å². The highest BCUT2D eigenvalue weighted by Crippen LogP contribution is 2.24. The topological polar surface area (TPSA) is 46.5 Å². The minimum Gasteiger partial charge on any atom is -0.465 e. The van der Waals surface area contributed by atoms with Crippen molar-refractivity contribution in [3.8, 4) is 0 Å². The van der Waals surface area contributed by atoms with E-state index >= 15 is 0 Å². The molecule has 3 nitrogen and oxygen atoms in total. The van der Waals surface area contributed by atoms with Crippen molar-refractivity contribution in [1.29, 1.82) is 0 Å². The van der Waals surface area contributed by atoms with Crippen LogP contribution >= 0.6 is 23.4 Å². The van der Waals surface area contributed by atoms with Crippen molar-refractivity contribution in [2.45, 2.75) is 12.7 Å². The van der Waals surface area contributed by atoms with Crippen LogP contribution in [0.5, 0.6) is 0 Å². The van der Waals surface area contributed by atoms with Gasteiger partial charge in [-0.25, -0.2) is 4.79 Å². The Morgan fingerprint density at radius 1 is 1.56 bits per heavy atom. The smallest absolute Gasteiger partial charge is 0.337 e. The lowest BCUT2D eigenvalue weighted by Gasteiger charge is -2.09. The van der Waals surface area contributed by atoms with Crippen molar-refractivity contribution in [2.75, 3.05) is 19.5 Å². The number of aliphatic hydroxyl groups excluding tert-OH is 1. The first kappa shape index (κ1) is 15.3. The van der Waals surface area contributed by atoms with Crippen LogP contribution in [0.4, 0.5) is 0 Å². The number of hydrogen-bond acceptors (Lipinski definition) is 4. The third kappa shape index (κ3) is 4.52. The molecule has 0 saturated carbocycles. The summed E-state index contributed by atoms with van der Waals surface area (Å²) < 4.78 is 4.67. The molecule has 1 N–H and O–H groups in total. The number of carbonyl (C=O) groups is 1. The Labute approximate surface area is 116 Å². The van der Waals surface area contributed by atoms with Gasteiger partial charge in [0.2, 0.25) is 0 Å². The highest BCUT2D eigenvalue weighted by molar-refractivity contribution is 7.98. The number of carbonyl (C=O) groups excluding carboxylic acids is 1. The lowest BCUT2D eigenvalue weighted by molar-refractivity contribution is 0.0600. The Kier molecular flexibility index (Phi) is 6.54. The first-order valence-electron chi connectivity index (χ1n) is 5.63. The van der Waals surface area contributed by atoms with E-state index in [0.717, 1.165) is 11.3 Å². The molecule has 5 heteroatoms. The van der Waals surface area contributed by atoms with Crippen LogP contribution in [-0.4, -0.2) is 30.5 Å². The van der Waals surface area contributed by atoms with Gasteiger partial charge in [0.05, 0.1) is 12.7 Å². The molecule has 100 valence electrons. The van der Waals surface area contributed by atoms with Gasteiger partial charge < -0.3 is 9.84 Å². The fourth-order valence-corrected chi connectivity index (χ4v) is 2.70. The molecule has 0 heterocycles. The second-order valence-corrected chi connectivity index (χ2v) is 5.54. The molecule has 18 heavy (non-hydrogen) atoms. The highest BCUT2D eigenvalue weighted by Gasteiger charge is 2.09. The van der Waals surface area contributed by atoms with E-state index in [-0.39, 0.29) is 18.5 Å². The molecule has 1 aromatic rings. The predicted octanol–water partition coefficient (Wildman–Crippen LogP) is 2.99. The number of ether oxygens (including phenoxy) is 1. The van der Waals surface area contributed by atoms with Crippen LogP contribution in [0.3, 0.4) is 0 Å². The predicted molar refractivity (Wildman–Crippen MR) is 75.2 cm³/mol. The molecule has 0 amide bonds. The minimum atomic E-state index is -0.360. The van der Waals surface area contributed by atoms with Crippen molar-refractivity contribution < 1.29 is 14.6 Å². The Morgan fingerprint density at radius 2 is 2.28 bits per heavy atom. The van der Waals surface area contributed by atoms with Gasteiger partial charge in [0.1, 0.15) is 0 Å². The maximum atomic E-state index is 11.4. The number of rotatable bonds is 6. The van der Waals surface area contributed by atoms with Gasteiger partial charge in [-0.3, -0.25) is 0 Å². The number of thioether (sulfide) groups is 1. The van der Waals surface area contributed by atoms with Gasteiger partial charge in [-0.2, -0.15) is 11.8 Å². The average Bonchev–Trinajstić information content (AvgIpc) is 2.39. The molecule has 0 saturated heterocycles. The van der Waals surface area contributed by atoms with Gasteiger partial charge in [0.15, 0.2) is 0 Å². The molecular weight excluding hydrogens is 272 g/mol. The summed E-state index contributed by atoms with van der Waals surface area (Å²) in [6, 6.07) is 5.11. The van der Waals surface area contributed by atoms with Crippen molar-refractivity contribution >= 4 is 29.3 Å². The lowest BCUT2D eigenvalue weighted by Crippen LogP contribution is -2.04. The zero-order valence-electron chi connectivity index (χ0n) is 10.5. The van der Waals surface area contributed by atoms with E-state index in [2.05, 4.69) is 4.74 Å². The third-order valence-electron chi connectivity index (χ3n) is 2.44. The van der Waals surface area contributed by atoms with Crippen LogP contribution in [0, 0.1) is 5.92 Å². The Morgan fingerprint density at radius 3 is 2.89 bits per heavy atom. The lowest BCUT2D eigenvalue weighted by atomic mass is 10.1. The number of benzene rings is 1. The van der Waals surface area contributed by atoms with Crippen molar-refractivity contribution in [3.05, 3.63) is 34.3 Å². The molecule has 1 atom stereocenters. The van der Waals surface area contributed by atoms with E-state index in [0.29, 0.717) is 16.3 Å². The summed E-state index contributed by atoms with van der Waals surface area (Å²) in [6.45, 7) is 2.17. The van der Waals surface area contributed by atoms with Crippen molar-refractivity contribution in [3.63, 3.8) is 0 Å². The second kappa shape index (κ2) is 7.67. The third-order valence-corrected chi connectivity index (χ3v) is 4.13. The van der Waals surface area contributed by atoms with Crippen LogP contribution in [0.25, 0.3) is 0 Å². The number of halogens is 1. The largest absolute Gasteiger partial charge is 0.465 e. The molecule has 0 aromatic heterocycles. The Hall–Kier alpha value is -0.710. The van der Waals surface area contributed by atoms with Crippen LogP contribution < -0.4 is 0 Å². The first-order chi connectivity index (χ1) is 8.58. The molecule has 0 aliphatic carbocycles. The fraction of sp³-hybridized carbons (Fsp3) is 0.462. The molecule has 0 fully saturated rings. The van der Waals surface area contributed by atoms with Crippen molar-refractivity contribution in [2.24, 2.45) is 5.92 Å². The summed E-state index contributed by atoms with van der Waals surface area (Å²) in [4.78, 5) is 11.4. The summed E-state index contributed by atoms with van der Waals surface area (Å²) in [5.74, 6) is 1.47. The summed E-state index contributed by atoms with van der Waals surface area (Å²) in [5, 5.41) is 9.58. The van der Waals surface area contributed by atoms with E-state index in [4.69, 9.17) is 16.7 Å². The molecule has 0 spiro atoms. The standard InChI is InChI=1S/C13H17ClO3S/c1-9(6-15)7-18-8-11-5-10(13(16)17-2)3-4-12(11)14/h3-5,9,15H,6-8H2,1-2H3. The van der Waals surface area contributed by atoms with E-state index < -0.39 is 0 Å². The van der Waals surface area contributed by atoms with E-state index in [9.17, 15) is 4.79 Å².